The van der Waals surface area contributed by atoms with Crippen molar-refractivity contribution >= 4 is 39.4 Å². The quantitative estimate of drug-likeness (QED) is 0.662. The fraction of sp³-hybridized carbons (Fsp3) is 0.353. The van der Waals surface area contributed by atoms with Crippen LogP contribution in [-0.4, -0.2) is 25.7 Å². The van der Waals surface area contributed by atoms with Gasteiger partial charge in [-0.1, -0.05) is 17.7 Å². The monoisotopic (exact) mass is 344 g/mol. The summed E-state index contributed by atoms with van der Waals surface area (Å²) >= 11 is 6.09. The second-order valence-corrected chi connectivity index (χ2v) is 6.73. The first-order valence-corrected chi connectivity index (χ1v) is 8.36. The largest absolute Gasteiger partial charge is 0.393 e. The Bertz CT molecular complexity index is 993. The van der Waals surface area contributed by atoms with E-state index in [0.717, 1.165) is 23.6 Å². The van der Waals surface area contributed by atoms with Crippen LogP contribution >= 0.6 is 11.6 Å². The lowest BCUT2D eigenvalue weighted by molar-refractivity contribution is 0.111. The molecule has 1 aliphatic rings. The number of nitrogen functional groups attached to an aromatic ring is 1. The zero-order chi connectivity index (χ0) is 16.8. The second-order valence-electron chi connectivity index (χ2n) is 6.29. The summed E-state index contributed by atoms with van der Waals surface area (Å²) in [7, 11) is 0. The summed E-state index contributed by atoms with van der Waals surface area (Å²) in [6.07, 6.45) is 4.16. The van der Waals surface area contributed by atoms with E-state index in [0.29, 0.717) is 28.9 Å². The minimum atomic E-state index is -0.294. The summed E-state index contributed by atoms with van der Waals surface area (Å²) in [5.74, 6) is 0.139. The van der Waals surface area contributed by atoms with Crippen molar-refractivity contribution in [2.45, 2.75) is 37.8 Å². The van der Waals surface area contributed by atoms with Gasteiger partial charge in [0.1, 0.15) is 5.65 Å². The second kappa shape index (κ2) is 5.72. The summed E-state index contributed by atoms with van der Waals surface area (Å²) in [5, 5.41) is 12.4. The van der Waals surface area contributed by atoms with E-state index in [1.165, 1.54) is 0 Å². The van der Waals surface area contributed by atoms with Gasteiger partial charge >= 0.3 is 0 Å². The van der Waals surface area contributed by atoms with Crippen molar-refractivity contribution in [3.63, 3.8) is 0 Å². The zero-order valence-electron chi connectivity index (χ0n) is 12.9. The molecule has 0 unspecified atom stereocenters. The Kier molecular flexibility index (Phi) is 3.66. The molecule has 0 radical (unpaired) electrons. The molecular formula is C17H17ClN4O2. The van der Waals surface area contributed by atoms with Crippen LogP contribution in [-0.2, 0) is 0 Å². The molecule has 0 bridgehead atoms. The summed E-state index contributed by atoms with van der Waals surface area (Å²) in [6.45, 7) is 0. The zero-order valence-corrected chi connectivity index (χ0v) is 13.7. The molecule has 124 valence electrons. The maximum absolute atomic E-state index is 13.1. The van der Waals surface area contributed by atoms with E-state index in [4.69, 9.17) is 17.3 Å². The molecule has 1 aromatic carbocycles. The van der Waals surface area contributed by atoms with Crippen LogP contribution in [0.15, 0.2) is 29.2 Å². The number of fused-ring (bicyclic) bond motifs is 3. The van der Waals surface area contributed by atoms with Crippen molar-refractivity contribution in [2.24, 2.45) is 0 Å². The van der Waals surface area contributed by atoms with Crippen molar-refractivity contribution in [3.05, 3.63) is 39.8 Å². The topological polar surface area (TPSA) is 94.0 Å². The van der Waals surface area contributed by atoms with Gasteiger partial charge in [-0.3, -0.25) is 9.36 Å². The predicted octanol–water partition coefficient (Wildman–Crippen LogP) is 2.66. The molecule has 0 aliphatic heterocycles. The van der Waals surface area contributed by atoms with Gasteiger partial charge in [0, 0.05) is 28.0 Å². The molecule has 6 nitrogen and oxygen atoms in total. The van der Waals surface area contributed by atoms with Crippen molar-refractivity contribution in [3.8, 4) is 0 Å². The number of rotatable bonds is 1. The van der Waals surface area contributed by atoms with E-state index in [1.54, 1.807) is 22.9 Å². The van der Waals surface area contributed by atoms with Gasteiger partial charge in [0.15, 0.2) is 0 Å². The Morgan fingerprint density at radius 1 is 1.17 bits per heavy atom. The van der Waals surface area contributed by atoms with Crippen LogP contribution in [0.4, 0.5) is 5.95 Å². The Morgan fingerprint density at radius 3 is 2.67 bits per heavy atom. The van der Waals surface area contributed by atoms with Crippen LogP contribution < -0.4 is 11.3 Å². The number of nitrogens with zero attached hydrogens (tertiary/aromatic N) is 3. The van der Waals surface area contributed by atoms with Gasteiger partial charge in [-0.05, 0) is 43.2 Å². The Labute approximate surface area is 142 Å². The van der Waals surface area contributed by atoms with Crippen LogP contribution in [0.25, 0.3) is 21.8 Å². The Morgan fingerprint density at radius 2 is 1.92 bits per heavy atom. The number of nitrogens with two attached hydrogens (primary N) is 1. The smallest absolute Gasteiger partial charge is 0.260 e. The first-order chi connectivity index (χ1) is 11.5. The highest BCUT2D eigenvalue weighted by Gasteiger charge is 2.25. The van der Waals surface area contributed by atoms with Crippen LogP contribution in [0.1, 0.15) is 31.7 Å². The van der Waals surface area contributed by atoms with E-state index in [1.807, 2.05) is 6.07 Å². The van der Waals surface area contributed by atoms with Crippen molar-refractivity contribution in [1.29, 1.82) is 0 Å². The third kappa shape index (κ3) is 2.42. The minimum Gasteiger partial charge on any atom is -0.393 e. The molecule has 1 aliphatic carbocycles. The highest BCUT2D eigenvalue weighted by atomic mass is 35.5. The molecule has 1 saturated carbocycles. The first-order valence-electron chi connectivity index (χ1n) is 7.98. The van der Waals surface area contributed by atoms with Gasteiger partial charge in [0.05, 0.1) is 6.10 Å². The molecule has 0 spiro atoms. The third-order valence-corrected chi connectivity index (χ3v) is 5.00. The first kappa shape index (κ1) is 15.4. The number of anilines is 1. The van der Waals surface area contributed by atoms with Gasteiger partial charge in [-0.2, -0.15) is 4.98 Å². The maximum Gasteiger partial charge on any atom is 0.260 e. The molecule has 2 aromatic heterocycles. The molecule has 24 heavy (non-hydrogen) atoms. The molecule has 1 fully saturated rings. The highest BCUT2D eigenvalue weighted by molar-refractivity contribution is 6.31. The number of aliphatic hydroxyl groups is 1. The SMILES string of the molecule is Nc1ncc2c3ccc(Cl)cc3c(=O)n(C3CCC(O)CC3)c2n1. The van der Waals surface area contributed by atoms with Crippen molar-refractivity contribution in [2.75, 3.05) is 5.73 Å². The van der Waals surface area contributed by atoms with Crippen molar-refractivity contribution < 1.29 is 5.11 Å². The predicted molar refractivity (Wildman–Crippen MR) is 94.2 cm³/mol. The number of halogens is 1. The molecule has 0 amide bonds. The Balaban J connectivity index is 2.07. The van der Waals surface area contributed by atoms with Gasteiger partial charge < -0.3 is 10.8 Å². The maximum atomic E-state index is 13.1. The number of pyridine rings is 1. The summed E-state index contributed by atoms with van der Waals surface area (Å²) in [6, 6.07) is 5.24. The Hall–Kier alpha value is -2.18. The normalized spacial score (nSPS) is 21.4. The molecule has 7 heteroatoms. The van der Waals surface area contributed by atoms with Gasteiger partial charge in [0.2, 0.25) is 5.95 Å². The minimum absolute atomic E-state index is 0.0129. The van der Waals surface area contributed by atoms with Gasteiger partial charge in [0.25, 0.3) is 5.56 Å². The van der Waals surface area contributed by atoms with Crippen LogP contribution in [0.5, 0.6) is 0 Å². The average Bonchev–Trinajstić information content (AvgIpc) is 2.57. The van der Waals surface area contributed by atoms with Gasteiger partial charge in [-0.15, -0.1) is 0 Å². The van der Waals surface area contributed by atoms with E-state index in [2.05, 4.69) is 9.97 Å². The lowest BCUT2D eigenvalue weighted by Gasteiger charge is -2.28. The number of hydrogen-bond acceptors (Lipinski definition) is 5. The van der Waals surface area contributed by atoms with E-state index in [-0.39, 0.29) is 23.7 Å². The number of aliphatic hydroxyl groups excluding tert-OH is 1. The number of hydrogen-bond donors (Lipinski definition) is 2. The number of aromatic nitrogens is 3. The molecule has 0 atom stereocenters. The lowest BCUT2D eigenvalue weighted by Crippen LogP contribution is -2.30. The number of benzene rings is 1. The fourth-order valence-corrected chi connectivity index (χ4v) is 3.74. The highest BCUT2D eigenvalue weighted by Crippen LogP contribution is 2.32. The lowest BCUT2D eigenvalue weighted by atomic mass is 9.92. The molecular weight excluding hydrogens is 328 g/mol. The molecule has 3 N–H and O–H groups in total. The summed E-state index contributed by atoms with van der Waals surface area (Å²) < 4.78 is 1.71. The van der Waals surface area contributed by atoms with E-state index >= 15 is 0 Å². The molecule has 2 heterocycles. The standard InChI is InChI=1S/C17H17ClN4O2/c18-9-1-6-12-13(7-9)16(24)22(10-2-4-11(23)5-3-10)15-14(12)8-20-17(19)21-15/h1,6-8,10-11,23H,2-5H2,(H2,19,20,21). The third-order valence-electron chi connectivity index (χ3n) is 4.77. The molecule has 3 aromatic rings. The van der Waals surface area contributed by atoms with Crippen LogP contribution in [0, 0.1) is 0 Å². The van der Waals surface area contributed by atoms with Crippen LogP contribution in [0.2, 0.25) is 5.02 Å². The summed E-state index contributed by atoms with van der Waals surface area (Å²) in [5.41, 5.74) is 6.18. The van der Waals surface area contributed by atoms with Gasteiger partial charge in [-0.25, -0.2) is 4.98 Å². The fourth-order valence-electron chi connectivity index (χ4n) is 3.57. The molecule has 4 rings (SSSR count). The summed E-state index contributed by atoms with van der Waals surface area (Å²) in [4.78, 5) is 21.6. The molecule has 0 saturated heterocycles. The average molecular weight is 345 g/mol. The van der Waals surface area contributed by atoms with Crippen molar-refractivity contribution in [1.82, 2.24) is 14.5 Å². The van der Waals surface area contributed by atoms with Crippen LogP contribution in [0.3, 0.4) is 0 Å². The van der Waals surface area contributed by atoms with E-state index in [9.17, 15) is 9.90 Å². The van der Waals surface area contributed by atoms with E-state index < -0.39 is 0 Å².